The molecule has 1 amide bonds. The molecule has 0 fully saturated rings. The van der Waals surface area contributed by atoms with E-state index in [-0.39, 0.29) is 18.9 Å². The maximum atomic E-state index is 12.4. The van der Waals surface area contributed by atoms with Crippen molar-refractivity contribution in [1.29, 1.82) is 5.26 Å². The molecule has 2 heterocycles. The van der Waals surface area contributed by atoms with Gasteiger partial charge in [0.05, 0.1) is 46.2 Å². The molecule has 0 aliphatic rings. The Hall–Kier alpha value is -4.26. The van der Waals surface area contributed by atoms with Crippen molar-refractivity contribution in [3.8, 4) is 17.6 Å². The summed E-state index contributed by atoms with van der Waals surface area (Å²) in [4.78, 5) is 21.5. The average Bonchev–Trinajstić information content (AvgIpc) is 2.89. The zero-order valence-electron chi connectivity index (χ0n) is 20.5. The van der Waals surface area contributed by atoms with Crippen LogP contribution in [0.5, 0.6) is 11.5 Å². The summed E-state index contributed by atoms with van der Waals surface area (Å²) < 4.78 is 11.5. The van der Waals surface area contributed by atoms with Crippen molar-refractivity contribution in [1.82, 2.24) is 9.97 Å². The number of anilines is 3. The van der Waals surface area contributed by atoms with Crippen LogP contribution < -0.4 is 20.1 Å². The predicted molar refractivity (Wildman–Crippen MR) is 152 cm³/mol. The van der Waals surface area contributed by atoms with Crippen molar-refractivity contribution >= 4 is 58.1 Å². The van der Waals surface area contributed by atoms with Gasteiger partial charge in [0.15, 0.2) is 0 Å². The molecule has 0 atom stereocenters. The molecular formula is C28H24ClN5O3S. The number of aromatic nitrogens is 2. The van der Waals surface area contributed by atoms with E-state index in [0.29, 0.717) is 61.6 Å². The summed E-state index contributed by atoms with van der Waals surface area (Å²) in [5.41, 5.74) is 3.25. The molecule has 0 saturated carbocycles. The zero-order valence-corrected chi connectivity index (χ0v) is 22.1. The monoisotopic (exact) mass is 545 g/mol. The topological polar surface area (TPSA) is 109 Å². The number of carbonyl (C=O) groups is 1. The Kier molecular flexibility index (Phi) is 8.69. The molecule has 0 aliphatic heterocycles. The third kappa shape index (κ3) is 6.54. The van der Waals surface area contributed by atoms with Crippen molar-refractivity contribution in [3.63, 3.8) is 0 Å². The quantitative estimate of drug-likeness (QED) is 0.191. The minimum absolute atomic E-state index is 0.0432. The minimum atomic E-state index is -0.294. The number of pyridine rings is 2. The van der Waals surface area contributed by atoms with Gasteiger partial charge >= 0.3 is 0 Å². The second kappa shape index (κ2) is 12.3. The van der Waals surface area contributed by atoms with E-state index >= 15 is 0 Å². The van der Waals surface area contributed by atoms with Crippen LogP contribution in [0.2, 0.25) is 5.02 Å². The van der Waals surface area contributed by atoms with Gasteiger partial charge in [0, 0.05) is 29.5 Å². The Morgan fingerprint density at radius 1 is 1.16 bits per heavy atom. The highest BCUT2D eigenvalue weighted by atomic mass is 35.5. The number of hydrogen-bond acceptors (Lipinski definition) is 8. The highest BCUT2D eigenvalue weighted by molar-refractivity contribution is 7.84. The van der Waals surface area contributed by atoms with E-state index in [1.54, 1.807) is 36.5 Å². The van der Waals surface area contributed by atoms with Crippen molar-refractivity contribution in [2.45, 2.75) is 20.0 Å². The van der Waals surface area contributed by atoms with Gasteiger partial charge < -0.3 is 20.1 Å². The van der Waals surface area contributed by atoms with E-state index in [1.165, 1.54) is 6.20 Å². The second-order valence-electron chi connectivity index (χ2n) is 8.13. The number of nitriles is 1. The smallest absolute Gasteiger partial charge is 0.229 e. The van der Waals surface area contributed by atoms with Crippen molar-refractivity contribution < 1.29 is 14.3 Å². The fraction of sp³-hybridized carbons (Fsp3) is 0.143. The highest BCUT2D eigenvalue weighted by Crippen LogP contribution is 2.37. The first-order valence-corrected chi connectivity index (χ1v) is 12.5. The Morgan fingerprint density at radius 2 is 2.00 bits per heavy atom. The number of fused-ring (bicyclic) bond motifs is 1. The largest absolute Gasteiger partial charge is 0.492 e. The normalized spacial score (nSPS) is 10.5. The van der Waals surface area contributed by atoms with Gasteiger partial charge in [-0.25, -0.2) is 0 Å². The van der Waals surface area contributed by atoms with Crippen LogP contribution in [-0.2, 0) is 11.4 Å². The molecule has 0 aliphatic carbocycles. The number of carbonyl (C=O) groups excluding carboxylic acids is 1. The summed E-state index contributed by atoms with van der Waals surface area (Å²) in [7, 11) is 0. The summed E-state index contributed by atoms with van der Waals surface area (Å²) in [6.45, 7) is 6.17. The Morgan fingerprint density at radius 3 is 2.68 bits per heavy atom. The van der Waals surface area contributed by atoms with Gasteiger partial charge in [-0.15, -0.1) is 12.6 Å². The lowest BCUT2D eigenvalue weighted by molar-refractivity contribution is -0.115. The summed E-state index contributed by atoms with van der Waals surface area (Å²) in [5.74, 6) is 0.663. The summed E-state index contributed by atoms with van der Waals surface area (Å²) in [6, 6.07) is 16.4. The standard InChI is InChI=1S/C28H24ClN5O3S/c1-3-36-26-13-23-21(12-24(26)34-27(35)10-17(2)38)28(18(14-30)15-32-23)33-19-7-8-25(22(29)11-19)37-16-20-6-4-5-9-31-20/h4-9,11-13,15,38H,2-3,10,16H2,1H3,(H,32,33)(H,34,35). The molecule has 8 nitrogen and oxygen atoms in total. The van der Waals surface area contributed by atoms with Crippen LogP contribution in [0.25, 0.3) is 10.9 Å². The summed E-state index contributed by atoms with van der Waals surface area (Å²) in [6.07, 6.45) is 3.22. The summed E-state index contributed by atoms with van der Waals surface area (Å²) >= 11 is 10.6. The third-order valence-corrected chi connectivity index (χ3v) is 5.78. The van der Waals surface area contributed by atoms with E-state index in [0.717, 1.165) is 5.69 Å². The van der Waals surface area contributed by atoms with Crippen LogP contribution >= 0.6 is 24.2 Å². The molecule has 4 rings (SSSR count). The predicted octanol–water partition coefficient (Wildman–Crippen LogP) is 6.65. The number of nitrogens with zero attached hydrogens (tertiary/aromatic N) is 3. The first kappa shape index (κ1) is 26.8. The Balaban J connectivity index is 1.67. The van der Waals surface area contributed by atoms with Crippen LogP contribution in [0.4, 0.5) is 17.1 Å². The molecule has 38 heavy (non-hydrogen) atoms. The fourth-order valence-electron chi connectivity index (χ4n) is 3.67. The highest BCUT2D eigenvalue weighted by Gasteiger charge is 2.16. The number of halogens is 1. The molecule has 4 aromatic rings. The van der Waals surface area contributed by atoms with Crippen LogP contribution in [0.15, 0.2) is 72.4 Å². The van der Waals surface area contributed by atoms with Gasteiger partial charge in [-0.2, -0.15) is 5.26 Å². The summed E-state index contributed by atoms with van der Waals surface area (Å²) in [5, 5.41) is 16.9. The number of hydrogen-bond donors (Lipinski definition) is 3. The lowest BCUT2D eigenvalue weighted by atomic mass is 10.1. The van der Waals surface area contributed by atoms with Gasteiger partial charge in [0.2, 0.25) is 5.91 Å². The van der Waals surface area contributed by atoms with E-state index < -0.39 is 0 Å². The fourth-order valence-corrected chi connectivity index (χ4v) is 4.05. The number of thiol groups is 1. The lowest BCUT2D eigenvalue weighted by Gasteiger charge is -2.17. The first-order chi connectivity index (χ1) is 18.4. The van der Waals surface area contributed by atoms with Crippen LogP contribution in [0.1, 0.15) is 24.6 Å². The SMILES string of the molecule is C=C(S)CC(=O)Nc1cc2c(Nc3ccc(OCc4ccccn4)c(Cl)c3)c(C#N)cnc2cc1OCC. The zero-order chi connectivity index (χ0) is 27.1. The average molecular weight is 546 g/mol. The second-order valence-corrected chi connectivity index (χ2v) is 9.17. The molecule has 2 aromatic heterocycles. The molecule has 192 valence electrons. The number of amides is 1. The van der Waals surface area contributed by atoms with Gasteiger partial charge in [-0.1, -0.05) is 24.2 Å². The molecule has 0 spiro atoms. The Labute approximate surface area is 230 Å². The number of benzene rings is 2. The van der Waals surface area contributed by atoms with Crippen molar-refractivity contribution in [3.05, 3.63) is 88.7 Å². The lowest BCUT2D eigenvalue weighted by Crippen LogP contribution is -2.12. The minimum Gasteiger partial charge on any atom is -0.492 e. The molecular weight excluding hydrogens is 522 g/mol. The van der Waals surface area contributed by atoms with Crippen molar-refractivity contribution in [2.75, 3.05) is 17.2 Å². The molecule has 10 heteroatoms. The van der Waals surface area contributed by atoms with Crippen molar-refractivity contribution in [2.24, 2.45) is 0 Å². The molecule has 0 bridgehead atoms. The van der Waals surface area contributed by atoms with Crippen LogP contribution in [0, 0.1) is 11.3 Å². The van der Waals surface area contributed by atoms with Crippen LogP contribution in [0.3, 0.4) is 0 Å². The molecule has 0 radical (unpaired) electrons. The van der Waals surface area contributed by atoms with Crippen LogP contribution in [-0.4, -0.2) is 22.5 Å². The third-order valence-electron chi connectivity index (χ3n) is 5.33. The maximum Gasteiger partial charge on any atom is 0.229 e. The van der Waals surface area contributed by atoms with Gasteiger partial charge in [-0.05, 0) is 48.2 Å². The number of rotatable bonds is 10. The van der Waals surface area contributed by atoms with Gasteiger partial charge in [-0.3, -0.25) is 14.8 Å². The first-order valence-electron chi connectivity index (χ1n) is 11.6. The molecule has 2 N–H and O–H groups in total. The van der Waals surface area contributed by atoms with E-state index in [2.05, 4.69) is 45.9 Å². The maximum absolute atomic E-state index is 12.4. The van der Waals surface area contributed by atoms with E-state index in [9.17, 15) is 10.1 Å². The number of ether oxygens (including phenoxy) is 2. The van der Waals surface area contributed by atoms with E-state index in [4.69, 9.17) is 21.1 Å². The molecule has 0 unspecified atom stereocenters. The van der Waals surface area contributed by atoms with Gasteiger partial charge in [0.1, 0.15) is 24.2 Å². The Bertz CT molecular complexity index is 1540. The number of nitrogens with one attached hydrogen (secondary N) is 2. The molecule has 0 saturated heterocycles. The van der Waals surface area contributed by atoms with E-state index in [1.807, 2.05) is 25.1 Å². The van der Waals surface area contributed by atoms with Gasteiger partial charge in [0.25, 0.3) is 0 Å². The molecule has 2 aromatic carbocycles.